The molecule has 20 rings (SSSR count). The van der Waals surface area contributed by atoms with Gasteiger partial charge in [0.15, 0.2) is 0 Å². The molecule has 20 aromatic rings. The van der Waals surface area contributed by atoms with E-state index in [1.165, 1.54) is 104 Å². The summed E-state index contributed by atoms with van der Waals surface area (Å²) in [6, 6.07) is 119. The molecule has 0 saturated heterocycles. The Morgan fingerprint density at radius 3 is 0.902 bits per heavy atom. The van der Waals surface area contributed by atoms with Gasteiger partial charge < -0.3 is 27.5 Å². The minimum Gasteiger partial charge on any atom is -0.416 e. The maximum absolute atomic E-state index is 6.03. The zero-order chi connectivity index (χ0) is 65.8. The lowest BCUT2D eigenvalue weighted by molar-refractivity contribution is 0.584. The van der Waals surface area contributed by atoms with Crippen molar-refractivity contribution in [3.63, 3.8) is 0 Å². The molecule has 0 bridgehead atoms. The summed E-state index contributed by atoms with van der Waals surface area (Å²) in [5.41, 5.74) is 21.5. The van der Waals surface area contributed by atoms with Crippen molar-refractivity contribution in [2.75, 3.05) is 0 Å². The van der Waals surface area contributed by atoms with Crippen LogP contribution in [0.15, 0.2) is 353 Å². The lowest BCUT2D eigenvalue weighted by atomic mass is 10.0. The molecule has 0 unspecified atom stereocenters. The summed E-state index contributed by atoms with van der Waals surface area (Å²) in [4.78, 5) is 3.53. The van der Waals surface area contributed by atoms with Gasteiger partial charge in [0.2, 0.25) is 23.6 Å². The number of aromatic nitrogens is 8. The molecular weight excluding hydrogens is 1320 g/mol. The summed E-state index contributed by atoms with van der Waals surface area (Å²) in [6.07, 6.45) is 0. The zero-order valence-corrected chi connectivity index (χ0v) is 54.7. The van der Waals surface area contributed by atoms with Crippen LogP contribution >= 0.6 is 15.9 Å². The number of halogens is 1. The van der Waals surface area contributed by atoms with Crippen LogP contribution in [0.25, 0.3) is 172 Å². The van der Waals surface area contributed by atoms with Crippen LogP contribution in [0.1, 0.15) is 22.3 Å². The molecule has 0 saturated carbocycles. The molecule has 6 aromatic heterocycles. The molecule has 0 atom stereocenters. The topological polar surface area (TPSA) is 108 Å². The Labute approximate surface area is 598 Å². The molecule has 0 aliphatic rings. The zero-order valence-electron chi connectivity index (χ0n) is 53.2. The van der Waals surface area contributed by atoms with Crippen LogP contribution in [0.2, 0.25) is 0 Å². The van der Waals surface area contributed by atoms with Gasteiger partial charge in [-0.2, -0.15) is 0 Å². The van der Waals surface area contributed by atoms with Gasteiger partial charge in [-0.25, -0.2) is 0 Å². The van der Waals surface area contributed by atoms with Crippen LogP contribution < -0.4 is 0 Å². The van der Waals surface area contributed by atoms with E-state index in [1.54, 1.807) is 0 Å². The molecule has 0 radical (unpaired) electrons. The Kier molecular flexibility index (Phi) is 17.7. The van der Waals surface area contributed by atoms with Crippen LogP contribution in [0, 0.1) is 0 Å². The second kappa shape index (κ2) is 27.7. The average Bonchev–Trinajstić information content (AvgIpc) is 1.60. The Bertz CT molecular complexity index is 6350. The minimum absolute atomic E-state index is 0. The average molecular weight is 1390 g/mol. The number of nitrogens with one attached hydrogen (secondary N) is 1. The van der Waals surface area contributed by atoms with Crippen LogP contribution in [0.3, 0.4) is 0 Å². The Hall–Kier alpha value is -13.0. The molecule has 0 spiro atoms. The maximum Gasteiger partial charge on any atom is 0.248 e. The maximum atomic E-state index is 6.03. The lowest BCUT2D eigenvalue weighted by Crippen LogP contribution is -1.94. The molecule has 492 valence electrons. The van der Waals surface area contributed by atoms with Crippen LogP contribution in [0.5, 0.6) is 0 Å². The van der Waals surface area contributed by atoms with Crippen molar-refractivity contribution in [1.29, 1.82) is 0 Å². The monoisotopic (exact) mass is 1380 g/mol. The number of hydrogen-bond acceptors (Lipinski definition) is 6. The quantitative estimate of drug-likeness (QED) is 0.154. The van der Waals surface area contributed by atoms with Gasteiger partial charge >= 0.3 is 0 Å². The number of fused-ring (bicyclic) bond motifs is 12. The van der Waals surface area contributed by atoms with E-state index in [2.05, 4.69) is 298 Å². The number of para-hydroxylation sites is 6. The first-order valence-electron chi connectivity index (χ1n) is 32.9. The molecule has 102 heavy (non-hydrogen) atoms. The van der Waals surface area contributed by atoms with Gasteiger partial charge in [-0.1, -0.05) is 208 Å². The first-order chi connectivity index (χ1) is 49.0. The molecule has 11 heteroatoms. The first-order valence-corrected chi connectivity index (χ1v) is 33.7. The fourth-order valence-corrected chi connectivity index (χ4v) is 14.2. The molecule has 0 aliphatic heterocycles. The van der Waals surface area contributed by atoms with Crippen LogP contribution in [0.4, 0.5) is 0 Å². The highest BCUT2D eigenvalue weighted by Gasteiger charge is 2.19. The summed E-state index contributed by atoms with van der Waals surface area (Å²) in [5, 5.41) is 26.7. The van der Waals surface area contributed by atoms with Gasteiger partial charge in [-0.3, -0.25) is 0 Å². The Morgan fingerprint density at radius 2 is 0.500 bits per heavy atom. The molecule has 0 fully saturated rings. The van der Waals surface area contributed by atoms with E-state index in [0.717, 1.165) is 49.1 Å². The first kappa shape index (κ1) is 65.0. The SMILES string of the molecule is Brc1ccc(-c2nnc(-c3ccccc3)o2)cc1.C.C.C.c1ccc(-c2nnc(-c3ccc(-n4c5ccccc5c5cc(-c6ccc7c(c6)c6ccccc6n7-c6ccccc6)ccc54)cc3)o2)cc1.c1ccc(-n2c3ccccc3c3cc(-c4ccc5[nH]c6ccccc6c5c4)ccc32)cc1. The summed E-state index contributed by atoms with van der Waals surface area (Å²) in [5.74, 6) is 2.08. The third-order valence-electron chi connectivity index (χ3n) is 18.6. The second-order valence-electron chi connectivity index (χ2n) is 24.5. The van der Waals surface area contributed by atoms with E-state index >= 15 is 0 Å². The van der Waals surface area contributed by atoms with E-state index < -0.39 is 0 Å². The number of rotatable bonds is 9. The Balaban J connectivity index is 0.000000136. The predicted molar refractivity (Wildman–Crippen MR) is 428 cm³/mol. The predicted octanol–water partition coefficient (Wildman–Crippen LogP) is 25.4. The normalized spacial score (nSPS) is 11.1. The molecule has 0 amide bonds. The smallest absolute Gasteiger partial charge is 0.248 e. The number of aromatic amines is 1. The highest BCUT2D eigenvalue weighted by Crippen LogP contribution is 2.41. The number of benzene rings is 14. The lowest BCUT2D eigenvalue weighted by Gasteiger charge is -2.09. The number of hydrogen-bond donors (Lipinski definition) is 1. The van der Waals surface area contributed by atoms with Crippen molar-refractivity contribution >= 4 is 103 Å². The van der Waals surface area contributed by atoms with Crippen molar-refractivity contribution in [2.45, 2.75) is 22.3 Å². The van der Waals surface area contributed by atoms with Crippen molar-refractivity contribution in [1.82, 2.24) is 39.1 Å². The molecule has 6 heterocycles. The Morgan fingerprint density at radius 1 is 0.225 bits per heavy atom. The number of nitrogens with zero attached hydrogens (tertiary/aromatic N) is 7. The van der Waals surface area contributed by atoms with Gasteiger partial charge in [0.25, 0.3) is 0 Å². The van der Waals surface area contributed by atoms with Crippen LogP contribution in [-0.2, 0) is 0 Å². The van der Waals surface area contributed by atoms with Crippen molar-refractivity contribution in [2.24, 2.45) is 0 Å². The second-order valence-corrected chi connectivity index (χ2v) is 25.4. The molecule has 10 nitrogen and oxygen atoms in total. The van der Waals surface area contributed by atoms with Gasteiger partial charge in [0.05, 0.1) is 33.1 Å². The van der Waals surface area contributed by atoms with Crippen molar-refractivity contribution in [3.8, 4) is 85.1 Å². The van der Waals surface area contributed by atoms with Crippen molar-refractivity contribution < 1.29 is 8.83 Å². The summed E-state index contributed by atoms with van der Waals surface area (Å²) in [7, 11) is 0. The largest absolute Gasteiger partial charge is 0.416 e. The standard InChI is InChI=1S/C44H28N4O.C30H20N2.C14H9BrN2O.3CH4/c1-3-11-29(12-4-1)43-45-46-44(49-43)30-19-23-34(24-20-30)48-40-18-10-8-16-36(40)38-28-32(22-26-42(38)48)31-21-25-41-37(27-31)35-15-7-9-17-39(35)47(41)33-13-5-2-6-14-33;1-2-8-22(9-3-1)32-29-13-7-5-11-24(29)26-19-21(15-17-30(26)32)20-14-16-28-25(18-20)23-10-4-6-12-27(23)31-28;15-12-8-6-11(7-9-12)14-17-16-13(18-14)10-4-2-1-3-5-10;;;/h1-28H;1-19,31H;1-9H;3*1H4. The fraction of sp³-hybridized carbons (Fsp3) is 0.0330. The highest BCUT2D eigenvalue weighted by atomic mass is 79.9. The highest BCUT2D eigenvalue weighted by molar-refractivity contribution is 9.10. The third kappa shape index (κ3) is 11.9. The molecule has 0 aliphatic carbocycles. The minimum atomic E-state index is 0. The van der Waals surface area contributed by atoms with Gasteiger partial charge in [0, 0.05) is 97.9 Å². The summed E-state index contributed by atoms with van der Waals surface area (Å²) < 4.78 is 19.8. The molecule has 1 N–H and O–H groups in total. The summed E-state index contributed by atoms with van der Waals surface area (Å²) in [6.45, 7) is 0. The van der Waals surface area contributed by atoms with Gasteiger partial charge in [0.1, 0.15) is 0 Å². The van der Waals surface area contributed by atoms with E-state index in [0.29, 0.717) is 23.6 Å². The van der Waals surface area contributed by atoms with E-state index in [-0.39, 0.29) is 22.3 Å². The van der Waals surface area contributed by atoms with E-state index in [9.17, 15) is 0 Å². The summed E-state index contributed by atoms with van der Waals surface area (Å²) >= 11 is 3.39. The van der Waals surface area contributed by atoms with Crippen LogP contribution in [-0.4, -0.2) is 39.1 Å². The molecule has 14 aromatic carbocycles. The third-order valence-corrected chi connectivity index (χ3v) is 19.1. The fourth-order valence-electron chi connectivity index (χ4n) is 13.9. The van der Waals surface area contributed by atoms with E-state index in [1.807, 2.05) is 97.1 Å². The van der Waals surface area contributed by atoms with E-state index in [4.69, 9.17) is 8.83 Å². The van der Waals surface area contributed by atoms with Gasteiger partial charge in [-0.15, -0.1) is 20.4 Å². The van der Waals surface area contributed by atoms with Gasteiger partial charge in [-0.05, 0) is 192 Å². The number of H-pyrrole nitrogens is 1. The molecular formula is C91H69BrN8O2. The van der Waals surface area contributed by atoms with Crippen molar-refractivity contribution in [3.05, 3.63) is 344 Å².